The fourth-order valence-corrected chi connectivity index (χ4v) is 2.64. The molecule has 7 heteroatoms. The highest BCUT2D eigenvalue weighted by Gasteiger charge is 2.11. The molecule has 3 rings (SSSR count). The first-order chi connectivity index (χ1) is 12.9. The second-order valence-corrected chi connectivity index (χ2v) is 6.59. The molecule has 0 aliphatic carbocycles. The maximum Gasteiger partial charge on any atom is 0.275 e. The van der Waals surface area contributed by atoms with Crippen LogP contribution in [0.5, 0.6) is 0 Å². The highest BCUT2D eigenvalue weighted by Crippen LogP contribution is 2.18. The first-order valence-corrected chi connectivity index (χ1v) is 8.59. The van der Waals surface area contributed by atoms with Gasteiger partial charge in [0.05, 0.1) is 11.3 Å². The van der Waals surface area contributed by atoms with E-state index in [2.05, 4.69) is 24.1 Å². The van der Waals surface area contributed by atoms with Crippen molar-refractivity contribution in [2.45, 2.75) is 26.3 Å². The van der Waals surface area contributed by atoms with Gasteiger partial charge in [-0.1, -0.05) is 38.1 Å². The van der Waals surface area contributed by atoms with E-state index in [4.69, 9.17) is 0 Å². The second kappa shape index (κ2) is 7.82. The summed E-state index contributed by atoms with van der Waals surface area (Å²) in [4.78, 5) is 26.8. The van der Waals surface area contributed by atoms with E-state index in [1.807, 2.05) is 24.3 Å². The summed E-state index contributed by atoms with van der Waals surface area (Å²) in [6, 6.07) is 14.0. The van der Waals surface area contributed by atoms with Crippen molar-refractivity contribution in [1.29, 1.82) is 0 Å². The zero-order valence-corrected chi connectivity index (χ0v) is 15.1. The minimum atomic E-state index is -0.433. The van der Waals surface area contributed by atoms with Crippen molar-refractivity contribution in [2.24, 2.45) is 0 Å². The fourth-order valence-electron chi connectivity index (χ4n) is 2.64. The number of nitrogens with zero attached hydrogens (tertiary/aromatic N) is 3. The average Bonchev–Trinajstić information content (AvgIpc) is 3.11. The van der Waals surface area contributed by atoms with Crippen LogP contribution in [0.1, 0.15) is 41.4 Å². The summed E-state index contributed by atoms with van der Waals surface area (Å²) in [5.41, 5.74) is 3.17. The molecule has 0 atom stereocenters. The van der Waals surface area contributed by atoms with E-state index in [0.29, 0.717) is 23.8 Å². The van der Waals surface area contributed by atoms with Crippen LogP contribution in [0.15, 0.2) is 61.1 Å². The topological polar surface area (TPSA) is 90.1 Å². The molecule has 138 valence electrons. The number of carbonyl (C=O) groups excluding carboxylic acids is 1. The molecule has 27 heavy (non-hydrogen) atoms. The lowest BCUT2D eigenvalue weighted by Gasteiger charge is -2.07. The molecule has 0 unspecified atom stereocenters. The Bertz CT molecular complexity index is 944. The molecule has 2 aromatic carbocycles. The van der Waals surface area contributed by atoms with Crippen LogP contribution in [-0.4, -0.2) is 20.4 Å². The van der Waals surface area contributed by atoms with Gasteiger partial charge in [0.2, 0.25) is 0 Å². The van der Waals surface area contributed by atoms with Crippen LogP contribution in [0.4, 0.5) is 11.4 Å². The molecule has 1 heterocycles. The maximum atomic E-state index is 12.4. The van der Waals surface area contributed by atoms with E-state index in [9.17, 15) is 14.9 Å². The largest absolute Gasteiger partial charge is 0.332 e. The van der Waals surface area contributed by atoms with Crippen LogP contribution in [0.2, 0.25) is 0 Å². The fraction of sp³-hybridized carbons (Fsp3) is 0.200. The average molecular weight is 364 g/mol. The number of nitro groups is 1. The van der Waals surface area contributed by atoms with Crippen molar-refractivity contribution in [3.63, 3.8) is 0 Å². The smallest absolute Gasteiger partial charge is 0.275 e. The zero-order valence-electron chi connectivity index (χ0n) is 15.1. The molecule has 0 radical (unpaired) electrons. The predicted molar refractivity (Wildman–Crippen MR) is 103 cm³/mol. The number of hydrogen-bond donors (Lipinski definition) is 1. The van der Waals surface area contributed by atoms with Crippen molar-refractivity contribution in [1.82, 2.24) is 9.55 Å². The molecule has 0 bridgehead atoms. The Labute approximate surface area is 156 Å². The van der Waals surface area contributed by atoms with E-state index in [0.717, 1.165) is 5.56 Å². The predicted octanol–water partition coefficient (Wildman–Crippen LogP) is 4.22. The first kappa shape index (κ1) is 18.3. The van der Waals surface area contributed by atoms with Crippen molar-refractivity contribution in [2.75, 3.05) is 5.32 Å². The number of non-ortho nitro benzene ring substituents is 1. The molecule has 0 saturated heterocycles. The molecule has 0 saturated carbocycles. The SMILES string of the molecule is CC(C)c1ccc(NC(=O)c2cn(Cc3ccc([N+](=O)[O-])cc3)cn2)cc1. The summed E-state index contributed by atoms with van der Waals surface area (Å²) in [5.74, 6) is 0.152. The number of aromatic nitrogens is 2. The van der Waals surface area contributed by atoms with Crippen LogP contribution in [0.25, 0.3) is 0 Å². The minimum absolute atomic E-state index is 0.0490. The van der Waals surface area contributed by atoms with Gasteiger partial charge in [-0.2, -0.15) is 0 Å². The Morgan fingerprint density at radius 3 is 2.41 bits per heavy atom. The van der Waals surface area contributed by atoms with Gasteiger partial charge in [0, 0.05) is 30.6 Å². The number of benzene rings is 2. The molecule has 3 aromatic rings. The third kappa shape index (κ3) is 4.58. The number of amides is 1. The number of nitro benzene ring substituents is 1. The Morgan fingerprint density at radius 2 is 1.81 bits per heavy atom. The van der Waals surface area contributed by atoms with Gasteiger partial charge in [-0.15, -0.1) is 0 Å². The number of carbonyl (C=O) groups is 1. The Morgan fingerprint density at radius 1 is 1.15 bits per heavy atom. The van der Waals surface area contributed by atoms with Gasteiger partial charge in [-0.25, -0.2) is 4.98 Å². The van der Waals surface area contributed by atoms with Gasteiger partial charge in [-0.05, 0) is 29.2 Å². The van der Waals surface area contributed by atoms with E-state index >= 15 is 0 Å². The van der Waals surface area contributed by atoms with Gasteiger partial charge < -0.3 is 9.88 Å². The van der Waals surface area contributed by atoms with Gasteiger partial charge >= 0.3 is 0 Å². The van der Waals surface area contributed by atoms with Crippen molar-refractivity contribution < 1.29 is 9.72 Å². The molecule has 1 N–H and O–H groups in total. The second-order valence-electron chi connectivity index (χ2n) is 6.59. The standard InChI is InChI=1S/C20H20N4O3/c1-14(2)16-5-7-17(8-6-16)22-20(25)19-12-23(13-21-19)11-15-3-9-18(10-4-15)24(26)27/h3-10,12-14H,11H2,1-2H3,(H,22,25). The first-order valence-electron chi connectivity index (χ1n) is 8.59. The van der Waals surface area contributed by atoms with Gasteiger partial charge in [0.25, 0.3) is 11.6 Å². The van der Waals surface area contributed by atoms with Crippen molar-refractivity contribution in [3.05, 3.63) is 88.0 Å². The van der Waals surface area contributed by atoms with Crippen molar-refractivity contribution in [3.8, 4) is 0 Å². The number of rotatable bonds is 6. The number of hydrogen-bond acceptors (Lipinski definition) is 4. The molecule has 1 amide bonds. The molecule has 0 aliphatic heterocycles. The number of nitrogens with one attached hydrogen (secondary N) is 1. The van der Waals surface area contributed by atoms with Crippen LogP contribution in [0, 0.1) is 10.1 Å². The molecular formula is C20H20N4O3. The lowest BCUT2D eigenvalue weighted by atomic mass is 10.0. The lowest BCUT2D eigenvalue weighted by molar-refractivity contribution is -0.384. The molecule has 7 nitrogen and oxygen atoms in total. The Kier molecular flexibility index (Phi) is 5.30. The minimum Gasteiger partial charge on any atom is -0.332 e. The van der Waals surface area contributed by atoms with Gasteiger partial charge in [0.15, 0.2) is 0 Å². The summed E-state index contributed by atoms with van der Waals surface area (Å²) in [7, 11) is 0. The lowest BCUT2D eigenvalue weighted by Crippen LogP contribution is -2.12. The van der Waals surface area contributed by atoms with Crippen LogP contribution in [-0.2, 0) is 6.54 Å². The van der Waals surface area contributed by atoms with Gasteiger partial charge in [0.1, 0.15) is 5.69 Å². The van der Waals surface area contributed by atoms with E-state index in [1.165, 1.54) is 17.7 Å². The number of imidazole rings is 1. The Hall–Kier alpha value is -3.48. The van der Waals surface area contributed by atoms with E-state index in [-0.39, 0.29) is 11.6 Å². The molecular weight excluding hydrogens is 344 g/mol. The zero-order chi connectivity index (χ0) is 19.4. The summed E-state index contributed by atoms with van der Waals surface area (Å²) < 4.78 is 1.76. The highest BCUT2D eigenvalue weighted by molar-refractivity contribution is 6.02. The normalized spacial score (nSPS) is 10.8. The molecule has 0 fully saturated rings. The van der Waals surface area contributed by atoms with Crippen LogP contribution >= 0.6 is 0 Å². The van der Waals surface area contributed by atoms with Crippen LogP contribution in [0.3, 0.4) is 0 Å². The number of anilines is 1. The van der Waals surface area contributed by atoms with Gasteiger partial charge in [-0.3, -0.25) is 14.9 Å². The van der Waals surface area contributed by atoms with Crippen molar-refractivity contribution >= 4 is 17.3 Å². The monoisotopic (exact) mass is 364 g/mol. The summed E-state index contributed by atoms with van der Waals surface area (Å²) >= 11 is 0. The third-order valence-corrected chi connectivity index (χ3v) is 4.21. The summed E-state index contributed by atoms with van der Waals surface area (Å²) in [5, 5.41) is 13.5. The summed E-state index contributed by atoms with van der Waals surface area (Å²) in [6.07, 6.45) is 3.22. The van der Waals surface area contributed by atoms with E-state index < -0.39 is 4.92 Å². The third-order valence-electron chi connectivity index (χ3n) is 4.21. The van der Waals surface area contributed by atoms with E-state index in [1.54, 1.807) is 29.2 Å². The quantitative estimate of drug-likeness (QED) is 0.524. The van der Waals surface area contributed by atoms with Crippen LogP contribution < -0.4 is 5.32 Å². The molecule has 0 aliphatic rings. The molecule has 1 aromatic heterocycles. The molecule has 0 spiro atoms. The highest BCUT2D eigenvalue weighted by atomic mass is 16.6. The summed E-state index contributed by atoms with van der Waals surface area (Å²) in [6.45, 7) is 4.71. The Balaban J connectivity index is 1.64. The maximum absolute atomic E-state index is 12.4.